The van der Waals surface area contributed by atoms with Gasteiger partial charge in [-0.3, -0.25) is 0 Å². The predicted octanol–water partition coefficient (Wildman–Crippen LogP) is 25.5. The number of allylic oxidation sites excluding steroid dienone is 12. The molecule has 0 spiro atoms. The molecule has 12 nitrogen and oxygen atoms in total. The minimum atomic E-state index is -0.177. The number of aryl methyl sites for hydroxylation is 5. The zero-order valence-corrected chi connectivity index (χ0v) is 71.4. The van der Waals surface area contributed by atoms with E-state index in [0.717, 1.165) is 202 Å². The van der Waals surface area contributed by atoms with E-state index in [1.165, 1.54) is 54.4 Å². The number of ether oxygens (including phenoxy) is 1. The van der Waals surface area contributed by atoms with Crippen LogP contribution in [0.3, 0.4) is 0 Å². The molecule has 113 heavy (non-hydrogen) atoms. The summed E-state index contributed by atoms with van der Waals surface area (Å²) < 4.78 is 6.36. The average Bonchev–Trinajstić information content (AvgIpc) is 0.742. The Kier molecular flexibility index (Phi) is 35.3. The molecule has 0 aromatic heterocycles. The van der Waals surface area contributed by atoms with Crippen LogP contribution in [0.1, 0.15) is 317 Å². The van der Waals surface area contributed by atoms with Crippen molar-refractivity contribution in [2.24, 2.45) is 29.6 Å². The van der Waals surface area contributed by atoms with Gasteiger partial charge in [0.05, 0.1) is 13.2 Å². The topological polar surface area (TPSA) is 232 Å². The third-order valence-corrected chi connectivity index (χ3v) is 24.6. The van der Waals surface area contributed by atoms with Crippen LogP contribution in [0.4, 0.5) is 0 Å². The molecule has 6 aliphatic rings. The van der Waals surface area contributed by atoms with Gasteiger partial charge >= 0.3 is 0 Å². The molecular formula is C101H142O12. The number of aliphatic hydroxyl groups excluding tert-OH is 2. The molecule has 0 saturated carbocycles. The SMILES string of the molecule is C=C(C)[C@@H]1CCC(C)=C[C@H]1c1c(O)cc(CCC)cc1O.C=C(C)[C@@H]1CCC(C)=C[C@H]1c1c(O)cc(CCCCC)cc1O.C=C(C)[C@@H]1CCC(CO)=C[C@H]1c1c(O)cc(CCC)cc1O.C=C(C)[C@@H]1CCC(CO)=C[C@H]1c1c(O)cc(CCCCC)cc1O.CCCCCc1cc(O)c2c(c1)OC(C)(C)[C@@H]1CCC(C)=C[C@@H]21. The Morgan fingerprint density at radius 1 is 0.336 bits per heavy atom. The predicted molar refractivity (Wildman–Crippen MR) is 468 cm³/mol. The molecule has 0 saturated heterocycles. The summed E-state index contributed by atoms with van der Waals surface area (Å²) in [5.41, 5.74) is 18.7. The first-order chi connectivity index (χ1) is 53.7. The van der Waals surface area contributed by atoms with E-state index in [0.29, 0.717) is 33.9 Å². The Balaban J connectivity index is 0.000000196. The van der Waals surface area contributed by atoms with Crippen molar-refractivity contribution >= 4 is 0 Å². The molecule has 0 fully saturated rings. The lowest BCUT2D eigenvalue weighted by atomic mass is 9.68. The van der Waals surface area contributed by atoms with Crippen molar-refractivity contribution in [2.45, 2.75) is 299 Å². The molecule has 11 rings (SSSR count). The second kappa shape index (κ2) is 43.4. The molecule has 618 valence electrons. The zero-order valence-electron chi connectivity index (χ0n) is 71.4. The summed E-state index contributed by atoms with van der Waals surface area (Å²) in [7, 11) is 0. The van der Waals surface area contributed by atoms with Gasteiger partial charge < -0.3 is 60.9 Å². The van der Waals surface area contributed by atoms with Crippen molar-refractivity contribution < 1.29 is 60.9 Å². The Bertz CT molecular complexity index is 4130. The summed E-state index contributed by atoms with van der Waals surface area (Å²) in [5, 5.41) is 113. The molecule has 0 amide bonds. The summed E-state index contributed by atoms with van der Waals surface area (Å²) in [5.74, 6) is 4.13. The maximum absolute atomic E-state index is 10.7. The lowest BCUT2D eigenvalue weighted by molar-refractivity contribution is 0.0107. The van der Waals surface area contributed by atoms with E-state index < -0.39 is 0 Å². The molecule has 0 unspecified atom stereocenters. The summed E-state index contributed by atoms with van der Waals surface area (Å²) >= 11 is 0. The van der Waals surface area contributed by atoms with Crippen LogP contribution < -0.4 is 4.74 Å². The van der Waals surface area contributed by atoms with Crippen LogP contribution in [-0.4, -0.2) is 75.0 Å². The fraction of sp³-hybridized carbons (Fsp3) is 0.525. The van der Waals surface area contributed by atoms with Gasteiger partial charge in [-0.1, -0.05) is 182 Å². The highest BCUT2D eigenvalue weighted by Gasteiger charge is 2.46. The fourth-order valence-electron chi connectivity index (χ4n) is 18.4. The number of hydrogen-bond acceptors (Lipinski definition) is 12. The highest BCUT2D eigenvalue weighted by Crippen LogP contribution is 2.55. The van der Waals surface area contributed by atoms with Crippen LogP contribution in [0, 0.1) is 29.6 Å². The van der Waals surface area contributed by atoms with Crippen LogP contribution in [0.5, 0.6) is 57.5 Å². The second-order valence-corrected chi connectivity index (χ2v) is 34.5. The van der Waals surface area contributed by atoms with E-state index in [9.17, 15) is 56.2 Å². The van der Waals surface area contributed by atoms with E-state index in [4.69, 9.17) is 4.74 Å². The lowest BCUT2D eigenvalue weighted by Gasteiger charge is -2.46. The third-order valence-electron chi connectivity index (χ3n) is 24.6. The van der Waals surface area contributed by atoms with Gasteiger partial charge in [-0.25, -0.2) is 0 Å². The molecule has 5 aromatic rings. The molecule has 1 aliphatic heterocycles. The highest BCUT2D eigenvalue weighted by molar-refractivity contribution is 5.57. The van der Waals surface area contributed by atoms with E-state index >= 15 is 0 Å². The van der Waals surface area contributed by atoms with Crippen molar-refractivity contribution in [3.8, 4) is 57.5 Å². The first kappa shape index (κ1) is 91.9. The smallest absolute Gasteiger partial charge is 0.127 e. The van der Waals surface area contributed by atoms with Crippen LogP contribution in [0.15, 0.2) is 168 Å². The average molecular weight is 1550 g/mol. The van der Waals surface area contributed by atoms with Crippen LogP contribution in [-0.2, 0) is 32.1 Å². The Morgan fingerprint density at radius 2 is 0.593 bits per heavy atom. The first-order valence-electron chi connectivity index (χ1n) is 42.7. The van der Waals surface area contributed by atoms with Gasteiger partial charge in [0, 0.05) is 63.3 Å². The van der Waals surface area contributed by atoms with Crippen molar-refractivity contribution in [1.82, 2.24) is 0 Å². The molecule has 5 aromatic carbocycles. The third kappa shape index (κ3) is 24.6. The summed E-state index contributed by atoms with van der Waals surface area (Å²) in [6.07, 6.45) is 37.4. The number of unbranched alkanes of at least 4 members (excludes halogenated alkanes) is 6. The normalized spacial score (nSPS) is 22.1. The van der Waals surface area contributed by atoms with Crippen LogP contribution >= 0.6 is 0 Å². The number of aromatic hydroxyl groups is 9. The summed E-state index contributed by atoms with van der Waals surface area (Å²) in [4.78, 5) is 0. The highest BCUT2D eigenvalue weighted by atomic mass is 16.5. The van der Waals surface area contributed by atoms with Crippen molar-refractivity contribution in [2.75, 3.05) is 13.2 Å². The van der Waals surface area contributed by atoms with Crippen molar-refractivity contribution in [3.63, 3.8) is 0 Å². The number of phenolic OH excluding ortho intramolecular Hbond substituents is 9. The first-order valence-corrected chi connectivity index (χ1v) is 42.7. The Hall–Kier alpha value is -8.32. The minimum absolute atomic E-state index is 0.0194. The van der Waals surface area contributed by atoms with Crippen LogP contribution in [0.2, 0.25) is 0 Å². The van der Waals surface area contributed by atoms with E-state index in [-0.39, 0.29) is 118 Å². The number of benzene rings is 5. The molecular weight excluding hydrogens is 1410 g/mol. The monoisotopic (exact) mass is 1550 g/mol. The molecule has 0 radical (unpaired) electrons. The standard InChI is InChI=1S/C21H30O3.2C21H30O2.C19H26O3.C19H26O2/c1-4-5-6-7-15-11-19(23)21(20(24)12-15)18-10-16(13-22)8-9-17(18)14(2)3;1-5-6-7-8-15-12-18(22)20-16-11-14(2)9-10-17(16)21(3,4)23-19(20)13-15;1-5-6-7-8-16-12-19(22)21(20(23)13-16)18-11-15(4)9-10-17(18)14(2)3;1-4-5-13-9-17(21)19(18(22)10-13)16-8-14(11-20)6-7-15(16)12(2)3;1-5-6-14-10-17(20)19(18(21)11-14)16-9-13(4)7-8-15(16)12(2)3/h10-12,17-18,22-24H,2,4-9,13H2,1,3H3;11-13,16-17,22H,5-10H2,1-4H3;11-13,17-18,22-23H,2,5-10H2,1,3-4H3;8-10,15-16,20-22H,2,4-7,11H2,1,3H3;9-11,15-16,20-21H,2,5-8H2,1,3-4H3/t17-,18+;16-,17-;17-,18+;2*15-,16+/m01000/s1. The van der Waals surface area contributed by atoms with Gasteiger partial charge in [0.25, 0.3) is 0 Å². The second-order valence-electron chi connectivity index (χ2n) is 34.5. The number of hydrogen-bond donors (Lipinski definition) is 11. The van der Waals surface area contributed by atoms with Crippen molar-refractivity contribution in [3.05, 3.63) is 223 Å². The molecule has 11 N–H and O–H groups in total. The molecule has 5 aliphatic carbocycles. The van der Waals surface area contributed by atoms with Gasteiger partial charge in [-0.15, -0.1) is 0 Å². The van der Waals surface area contributed by atoms with E-state index in [2.05, 4.69) is 120 Å². The minimum Gasteiger partial charge on any atom is -0.507 e. The van der Waals surface area contributed by atoms with Crippen molar-refractivity contribution in [1.29, 1.82) is 0 Å². The van der Waals surface area contributed by atoms with Gasteiger partial charge in [-0.2, -0.15) is 0 Å². The number of rotatable bonds is 26. The van der Waals surface area contributed by atoms with E-state index in [1.807, 2.05) is 58.0 Å². The van der Waals surface area contributed by atoms with Gasteiger partial charge in [0.1, 0.15) is 63.1 Å². The molecule has 10 atom stereocenters. The molecule has 0 bridgehead atoms. The quantitative estimate of drug-likeness (QED) is 0.0183. The maximum atomic E-state index is 10.7. The maximum Gasteiger partial charge on any atom is 0.127 e. The largest absolute Gasteiger partial charge is 0.507 e. The van der Waals surface area contributed by atoms with Gasteiger partial charge in [0.15, 0.2) is 0 Å². The lowest BCUT2D eigenvalue weighted by Crippen LogP contribution is -2.45. The Labute approximate surface area is 679 Å². The van der Waals surface area contributed by atoms with Gasteiger partial charge in [0.2, 0.25) is 0 Å². The van der Waals surface area contributed by atoms with Crippen LogP contribution in [0.25, 0.3) is 0 Å². The molecule has 1 heterocycles. The number of phenols is 9. The van der Waals surface area contributed by atoms with E-state index in [1.54, 1.807) is 36.4 Å². The number of fused-ring (bicyclic) bond motifs is 3. The number of aliphatic hydroxyl groups is 2. The fourth-order valence-corrected chi connectivity index (χ4v) is 18.4. The summed E-state index contributed by atoms with van der Waals surface area (Å²) in [6.45, 7) is 46.0. The molecule has 12 heteroatoms. The zero-order chi connectivity index (χ0) is 83.1. The Morgan fingerprint density at radius 3 is 0.876 bits per heavy atom. The van der Waals surface area contributed by atoms with Gasteiger partial charge in [-0.05, 0) is 301 Å². The summed E-state index contributed by atoms with van der Waals surface area (Å²) in [6, 6.07) is 18.4.